The summed E-state index contributed by atoms with van der Waals surface area (Å²) in [5.41, 5.74) is 0.0199. The second kappa shape index (κ2) is 5.39. The predicted octanol–water partition coefficient (Wildman–Crippen LogP) is 2.82. The quantitative estimate of drug-likeness (QED) is 0.747. The first-order chi connectivity index (χ1) is 8.30. The van der Waals surface area contributed by atoms with E-state index in [-0.39, 0.29) is 11.2 Å². The maximum Gasteiger partial charge on any atom is 0.0806 e. The maximum absolute atomic E-state index is 6.09. The van der Waals surface area contributed by atoms with Gasteiger partial charge in [-0.25, -0.2) is 0 Å². The van der Waals surface area contributed by atoms with E-state index in [1.807, 2.05) is 0 Å². The first kappa shape index (κ1) is 14.8. The van der Waals surface area contributed by atoms with E-state index in [0.717, 1.165) is 25.0 Å². The molecule has 0 bridgehead atoms. The van der Waals surface area contributed by atoms with Crippen LogP contribution >= 0.6 is 15.9 Å². The molecule has 0 N–H and O–H groups in total. The summed E-state index contributed by atoms with van der Waals surface area (Å²) in [7, 11) is 0. The molecule has 18 heavy (non-hydrogen) atoms. The van der Waals surface area contributed by atoms with Crippen LogP contribution in [0.15, 0.2) is 0 Å². The monoisotopic (exact) mass is 319 g/mol. The molecular formula is C14H26BrNO2. The Hall–Kier alpha value is 0.360. The fourth-order valence-corrected chi connectivity index (χ4v) is 3.47. The highest BCUT2D eigenvalue weighted by Crippen LogP contribution is 2.31. The van der Waals surface area contributed by atoms with Gasteiger partial charge in [0.05, 0.1) is 23.4 Å². The summed E-state index contributed by atoms with van der Waals surface area (Å²) in [4.78, 5) is 2.50. The van der Waals surface area contributed by atoms with Crippen LogP contribution in [0.2, 0.25) is 0 Å². The first-order valence-electron chi connectivity index (χ1n) is 6.94. The van der Waals surface area contributed by atoms with Crippen LogP contribution in [0.5, 0.6) is 0 Å². The van der Waals surface area contributed by atoms with Gasteiger partial charge in [-0.2, -0.15) is 0 Å². The molecule has 2 fully saturated rings. The SMILES string of the molecule is CC1(C)CCC(CN2CC(CBr)OC(C)(C)C2)O1. The Bertz CT molecular complexity index is 294. The van der Waals surface area contributed by atoms with Crippen molar-refractivity contribution in [2.45, 2.75) is 63.9 Å². The second-order valence-corrected chi connectivity index (χ2v) is 7.53. The van der Waals surface area contributed by atoms with Crippen molar-refractivity contribution in [2.75, 3.05) is 25.0 Å². The van der Waals surface area contributed by atoms with E-state index < -0.39 is 0 Å². The first-order valence-corrected chi connectivity index (χ1v) is 8.06. The van der Waals surface area contributed by atoms with Crippen LogP contribution in [0.3, 0.4) is 0 Å². The highest BCUT2D eigenvalue weighted by molar-refractivity contribution is 9.09. The summed E-state index contributed by atoms with van der Waals surface area (Å²) in [5.74, 6) is 0. The molecule has 4 heteroatoms. The Labute approximate surface area is 119 Å². The lowest BCUT2D eigenvalue weighted by molar-refractivity contribution is -0.135. The molecule has 3 nitrogen and oxygen atoms in total. The normalized spacial score (nSPS) is 35.8. The largest absolute Gasteiger partial charge is 0.371 e. The third-order valence-corrected chi connectivity index (χ3v) is 4.46. The van der Waals surface area contributed by atoms with Crippen LogP contribution in [0.25, 0.3) is 0 Å². The third-order valence-electron chi connectivity index (χ3n) is 3.74. The van der Waals surface area contributed by atoms with Gasteiger partial charge in [-0.1, -0.05) is 15.9 Å². The van der Waals surface area contributed by atoms with Crippen LogP contribution in [0, 0.1) is 0 Å². The molecular weight excluding hydrogens is 294 g/mol. The van der Waals surface area contributed by atoms with E-state index in [2.05, 4.69) is 48.5 Å². The minimum absolute atomic E-state index is 0.0508. The average molecular weight is 320 g/mol. The zero-order chi connectivity index (χ0) is 13.4. The summed E-state index contributed by atoms with van der Waals surface area (Å²) in [6.07, 6.45) is 3.05. The Morgan fingerprint density at radius 1 is 1.11 bits per heavy atom. The van der Waals surface area contributed by atoms with Crippen molar-refractivity contribution in [1.29, 1.82) is 0 Å². The number of nitrogens with zero attached hydrogens (tertiary/aromatic N) is 1. The third kappa shape index (κ3) is 3.92. The highest BCUT2D eigenvalue weighted by Gasteiger charge is 2.37. The van der Waals surface area contributed by atoms with Crippen LogP contribution in [0.4, 0.5) is 0 Å². The molecule has 0 aromatic rings. The van der Waals surface area contributed by atoms with Gasteiger partial charge in [0.1, 0.15) is 0 Å². The van der Waals surface area contributed by atoms with Gasteiger partial charge in [0.15, 0.2) is 0 Å². The van der Waals surface area contributed by atoms with Crippen LogP contribution in [0.1, 0.15) is 40.5 Å². The zero-order valence-corrected chi connectivity index (χ0v) is 13.6. The Morgan fingerprint density at radius 2 is 1.78 bits per heavy atom. The fourth-order valence-electron chi connectivity index (χ4n) is 3.13. The topological polar surface area (TPSA) is 21.7 Å². The Kier molecular flexibility index (Phi) is 4.42. The van der Waals surface area contributed by atoms with E-state index >= 15 is 0 Å². The Balaban J connectivity index is 1.89. The van der Waals surface area contributed by atoms with Gasteiger partial charge in [0.2, 0.25) is 0 Å². The lowest BCUT2D eigenvalue weighted by atomic mass is 10.0. The standard InChI is InChI=1S/C14H26BrNO2/c1-13(2)6-5-11(17-13)8-16-9-12(7-15)18-14(3,4)10-16/h11-12H,5-10H2,1-4H3. The number of halogens is 1. The molecule has 0 aromatic carbocycles. The number of ether oxygens (including phenoxy) is 2. The molecule has 2 atom stereocenters. The molecule has 0 amide bonds. The van der Waals surface area contributed by atoms with Gasteiger partial charge in [-0.05, 0) is 40.5 Å². The summed E-state index contributed by atoms with van der Waals surface area (Å²) >= 11 is 3.54. The molecule has 0 aromatic heterocycles. The molecule has 2 heterocycles. The van der Waals surface area contributed by atoms with Gasteiger partial charge >= 0.3 is 0 Å². The van der Waals surface area contributed by atoms with E-state index in [1.165, 1.54) is 12.8 Å². The number of morpholine rings is 1. The van der Waals surface area contributed by atoms with Crippen molar-refractivity contribution in [1.82, 2.24) is 4.90 Å². The van der Waals surface area contributed by atoms with Gasteiger partial charge in [-0.15, -0.1) is 0 Å². The summed E-state index contributed by atoms with van der Waals surface area (Å²) in [6, 6.07) is 0. The molecule has 0 saturated carbocycles. The lowest BCUT2D eigenvalue weighted by Crippen LogP contribution is -2.54. The van der Waals surface area contributed by atoms with Crippen LogP contribution < -0.4 is 0 Å². The number of hydrogen-bond acceptors (Lipinski definition) is 3. The number of alkyl halides is 1. The average Bonchev–Trinajstić information content (AvgIpc) is 2.55. The van der Waals surface area contributed by atoms with Crippen molar-refractivity contribution in [3.05, 3.63) is 0 Å². The molecule has 2 saturated heterocycles. The van der Waals surface area contributed by atoms with Gasteiger partial charge in [0, 0.05) is 25.0 Å². The second-order valence-electron chi connectivity index (χ2n) is 6.89. The minimum atomic E-state index is -0.0508. The smallest absolute Gasteiger partial charge is 0.0806 e. The van der Waals surface area contributed by atoms with Crippen molar-refractivity contribution < 1.29 is 9.47 Å². The van der Waals surface area contributed by atoms with E-state index in [9.17, 15) is 0 Å². The highest BCUT2D eigenvalue weighted by atomic mass is 79.9. The predicted molar refractivity (Wildman–Crippen MR) is 77.4 cm³/mol. The molecule has 0 spiro atoms. The zero-order valence-electron chi connectivity index (χ0n) is 12.0. The molecule has 2 rings (SSSR count). The van der Waals surface area contributed by atoms with Crippen molar-refractivity contribution in [3.63, 3.8) is 0 Å². The summed E-state index contributed by atoms with van der Waals surface area (Å²) in [6.45, 7) is 11.8. The number of rotatable bonds is 3. The fraction of sp³-hybridized carbons (Fsp3) is 1.00. The van der Waals surface area contributed by atoms with E-state index in [0.29, 0.717) is 12.2 Å². The number of hydrogen-bond donors (Lipinski definition) is 0. The van der Waals surface area contributed by atoms with Crippen molar-refractivity contribution >= 4 is 15.9 Å². The van der Waals surface area contributed by atoms with Crippen LogP contribution in [-0.2, 0) is 9.47 Å². The molecule has 0 radical (unpaired) electrons. The summed E-state index contributed by atoms with van der Waals surface area (Å²) in [5, 5.41) is 0.907. The van der Waals surface area contributed by atoms with Gasteiger partial charge < -0.3 is 9.47 Å². The minimum Gasteiger partial charge on any atom is -0.371 e. The molecule has 2 aliphatic rings. The van der Waals surface area contributed by atoms with Gasteiger partial charge in [0.25, 0.3) is 0 Å². The van der Waals surface area contributed by atoms with E-state index in [4.69, 9.17) is 9.47 Å². The Morgan fingerprint density at radius 3 is 2.33 bits per heavy atom. The van der Waals surface area contributed by atoms with Crippen molar-refractivity contribution in [2.24, 2.45) is 0 Å². The van der Waals surface area contributed by atoms with E-state index in [1.54, 1.807) is 0 Å². The molecule has 2 aliphatic heterocycles. The van der Waals surface area contributed by atoms with Crippen LogP contribution in [-0.4, -0.2) is 53.3 Å². The molecule has 0 aliphatic carbocycles. The van der Waals surface area contributed by atoms with Crippen molar-refractivity contribution in [3.8, 4) is 0 Å². The van der Waals surface area contributed by atoms with Gasteiger partial charge in [-0.3, -0.25) is 4.90 Å². The maximum atomic E-state index is 6.09. The molecule has 106 valence electrons. The molecule has 2 unspecified atom stereocenters. The lowest BCUT2D eigenvalue weighted by Gasteiger charge is -2.43. The summed E-state index contributed by atoms with van der Waals surface area (Å²) < 4.78 is 12.1.